The van der Waals surface area contributed by atoms with Gasteiger partial charge in [-0.25, -0.2) is 0 Å². The number of carbonyl (C=O) groups excluding carboxylic acids is 3. The van der Waals surface area contributed by atoms with Crippen molar-refractivity contribution < 1.29 is 14.4 Å². The zero-order chi connectivity index (χ0) is 21.2. The van der Waals surface area contributed by atoms with Crippen molar-refractivity contribution >= 4 is 179 Å². The van der Waals surface area contributed by atoms with E-state index >= 15 is 0 Å². The Morgan fingerprint density at radius 3 is 0.852 bits per heavy atom. The summed E-state index contributed by atoms with van der Waals surface area (Å²) in [4.78, 5) is 47.9. The fourth-order valence-electron chi connectivity index (χ4n) is 1.06. The Bertz CT molecular complexity index is 645. The molecule has 0 unspecified atom stereocenters. The maximum atomic E-state index is 12.0. The number of anilines is 3. The van der Waals surface area contributed by atoms with Crippen LogP contribution in [0, 0.1) is 0 Å². The Labute approximate surface area is 227 Å². The zero-order valence-corrected chi connectivity index (χ0v) is 26.2. The van der Waals surface area contributed by atoms with Gasteiger partial charge < -0.3 is 0 Å². The third-order valence-electron chi connectivity index (χ3n) is 2.08. The van der Waals surface area contributed by atoms with Crippen LogP contribution in [0.15, 0.2) is 0 Å². The molecule has 0 radical (unpaired) electrons. The lowest BCUT2D eigenvalue weighted by atomic mass is 10.6. The molecule has 0 atom stereocenters. The maximum absolute atomic E-state index is 12.0. The minimum absolute atomic E-state index is 0.239. The van der Waals surface area contributed by atoms with Crippen LogP contribution in [-0.2, 0) is 14.4 Å². The lowest BCUT2D eigenvalue weighted by Gasteiger charge is -2.16. The van der Waals surface area contributed by atoms with E-state index in [9.17, 15) is 14.4 Å². The Morgan fingerprint density at radius 1 is 0.519 bits per heavy atom. The molecule has 150 valence electrons. The summed E-state index contributed by atoms with van der Waals surface area (Å²) >= 11 is 27.4. The third kappa shape index (κ3) is 9.61. The van der Waals surface area contributed by atoms with Crippen LogP contribution in [0.1, 0.15) is 0 Å². The van der Waals surface area contributed by atoms with Crippen molar-refractivity contribution in [2.75, 3.05) is 16.0 Å². The summed E-state index contributed by atoms with van der Waals surface area (Å²) in [5.74, 6) is -2.56. The minimum Gasteiger partial charge on any atom is -0.292 e. The standard InChI is InChI=1S/C9H3Br9N6O3/c10-7(11,12)1(25)19-4-22-5(20-2(26)8(13,14)15)24-6(23-4)21-3(27)9(16,17)18/h(H3,19,20,21,22,23,24,25,26,27). The van der Waals surface area contributed by atoms with E-state index in [1.165, 1.54) is 0 Å². The number of nitrogens with zero attached hydrogens (tertiary/aromatic N) is 3. The molecule has 9 nitrogen and oxygen atoms in total. The minimum atomic E-state index is -1.28. The van der Waals surface area contributed by atoms with Gasteiger partial charge in [0.15, 0.2) is 0 Å². The summed E-state index contributed by atoms with van der Waals surface area (Å²) in [6.07, 6.45) is 0. The van der Waals surface area contributed by atoms with Gasteiger partial charge in [-0.1, -0.05) is 0 Å². The first kappa shape index (κ1) is 26.8. The van der Waals surface area contributed by atoms with E-state index in [4.69, 9.17) is 0 Å². The van der Waals surface area contributed by atoms with Gasteiger partial charge in [-0.2, -0.15) is 15.0 Å². The van der Waals surface area contributed by atoms with Crippen LogP contribution in [0.2, 0.25) is 0 Å². The van der Waals surface area contributed by atoms with Crippen molar-refractivity contribution in [1.29, 1.82) is 0 Å². The molecule has 0 aliphatic carbocycles. The van der Waals surface area contributed by atoms with Gasteiger partial charge in [0.2, 0.25) is 24.3 Å². The number of hydrogen-bond acceptors (Lipinski definition) is 6. The van der Waals surface area contributed by atoms with Gasteiger partial charge in [-0.3, -0.25) is 30.3 Å². The average molecular weight is 962 g/mol. The normalized spacial score (nSPS) is 12.3. The van der Waals surface area contributed by atoms with Gasteiger partial charge in [0.25, 0.3) is 17.7 Å². The molecule has 1 heterocycles. The van der Waals surface area contributed by atoms with Crippen LogP contribution in [0.5, 0.6) is 0 Å². The molecule has 0 saturated carbocycles. The number of hydrogen-bond donors (Lipinski definition) is 3. The van der Waals surface area contributed by atoms with Crippen LogP contribution in [0.3, 0.4) is 0 Å². The van der Waals surface area contributed by atoms with Crippen molar-refractivity contribution in [3.8, 4) is 0 Å². The fraction of sp³-hybridized carbons (Fsp3) is 0.333. The zero-order valence-electron chi connectivity index (χ0n) is 12.0. The van der Waals surface area contributed by atoms with Crippen LogP contribution in [0.25, 0.3) is 0 Å². The van der Waals surface area contributed by atoms with Gasteiger partial charge in [-0.15, -0.1) is 0 Å². The van der Waals surface area contributed by atoms with Crippen molar-refractivity contribution in [3.05, 3.63) is 0 Å². The van der Waals surface area contributed by atoms with Crippen molar-refractivity contribution in [3.63, 3.8) is 0 Å². The summed E-state index contributed by atoms with van der Waals surface area (Å²) in [6.45, 7) is 0. The van der Waals surface area contributed by atoms with E-state index in [2.05, 4.69) is 174 Å². The predicted octanol–water partition coefficient (Wildman–Crippen LogP) is 5.20. The second kappa shape index (κ2) is 10.4. The fourth-order valence-corrected chi connectivity index (χ4v) is 1.95. The van der Waals surface area contributed by atoms with E-state index in [1.807, 2.05) is 0 Å². The SMILES string of the molecule is O=C(Nc1nc(NC(=O)C(Br)(Br)Br)nc(NC(=O)C(Br)(Br)Br)n1)C(Br)(Br)Br. The number of carbonyl (C=O) groups is 3. The van der Waals surface area contributed by atoms with E-state index < -0.39 is 24.1 Å². The molecule has 1 aromatic rings. The van der Waals surface area contributed by atoms with Gasteiger partial charge in [-0.05, 0) is 143 Å². The Morgan fingerprint density at radius 2 is 0.704 bits per heavy atom. The molecular weight excluding hydrogens is 959 g/mol. The van der Waals surface area contributed by atoms with E-state index in [-0.39, 0.29) is 17.8 Å². The average Bonchev–Trinajstić information content (AvgIpc) is 2.43. The molecule has 0 saturated heterocycles. The van der Waals surface area contributed by atoms with Gasteiger partial charge in [0.05, 0.1) is 0 Å². The lowest BCUT2D eigenvalue weighted by Crippen LogP contribution is -2.30. The second-order valence-corrected chi connectivity index (χ2v) is 24.4. The molecule has 0 fully saturated rings. The molecule has 3 amide bonds. The first-order valence-corrected chi connectivity index (χ1v) is 13.0. The largest absolute Gasteiger partial charge is 0.292 e. The molecular formula is C9H3Br9N6O3. The molecule has 0 aromatic carbocycles. The highest BCUT2D eigenvalue weighted by Crippen LogP contribution is 2.36. The van der Waals surface area contributed by atoms with Crippen LogP contribution in [0.4, 0.5) is 17.8 Å². The number of aromatic nitrogens is 3. The number of halogens is 9. The monoisotopic (exact) mass is 953 g/mol. The molecule has 0 aliphatic rings. The summed E-state index contributed by atoms with van der Waals surface area (Å²) in [5, 5.41) is 7.12. The van der Waals surface area contributed by atoms with E-state index in [1.54, 1.807) is 0 Å². The summed E-state index contributed by atoms with van der Waals surface area (Å²) in [5.41, 5.74) is 0. The van der Waals surface area contributed by atoms with Crippen molar-refractivity contribution in [1.82, 2.24) is 15.0 Å². The van der Waals surface area contributed by atoms with Gasteiger partial charge in [0, 0.05) is 0 Å². The first-order valence-electron chi connectivity index (χ1n) is 5.90. The van der Waals surface area contributed by atoms with E-state index in [0.717, 1.165) is 0 Å². The predicted molar refractivity (Wildman–Crippen MR) is 134 cm³/mol. The van der Waals surface area contributed by atoms with E-state index in [0.29, 0.717) is 0 Å². The topological polar surface area (TPSA) is 126 Å². The molecule has 0 bridgehead atoms. The summed E-state index contributed by atoms with van der Waals surface area (Å²) in [6, 6.07) is 0. The molecule has 1 rings (SSSR count). The lowest BCUT2D eigenvalue weighted by molar-refractivity contribution is -0.115. The Kier molecular flexibility index (Phi) is 10.3. The summed E-state index contributed by atoms with van der Waals surface area (Å²) < 4.78 is -3.83. The number of amides is 3. The number of rotatable bonds is 3. The van der Waals surface area contributed by atoms with Gasteiger partial charge in [0.1, 0.15) is 0 Å². The third-order valence-corrected chi connectivity index (χ3v) is 5.32. The van der Waals surface area contributed by atoms with Gasteiger partial charge >= 0.3 is 0 Å². The molecule has 0 aliphatic heterocycles. The number of alkyl halides is 9. The number of nitrogens with one attached hydrogen (secondary N) is 3. The quantitative estimate of drug-likeness (QED) is 0.358. The van der Waals surface area contributed by atoms with Crippen molar-refractivity contribution in [2.45, 2.75) is 6.43 Å². The highest BCUT2D eigenvalue weighted by Gasteiger charge is 2.33. The molecule has 3 N–H and O–H groups in total. The highest BCUT2D eigenvalue weighted by atomic mass is 80.0. The summed E-state index contributed by atoms with van der Waals surface area (Å²) in [7, 11) is 0. The highest BCUT2D eigenvalue weighted by molar-refractivity contribution is 9.40. The second-order valence-electron chi connectivity index (χ2n) is 4.16. The van der Waals surface area contributed by atoms with Crippen LogP contribution < -0.4 is 16.0 Å². The van der Waals surface area contributed by atoms with Crippen LogP contribution in [-0.4, -0.2) is 39.1 Å². The Hall–Kier alpha value is 1.74. The Balaban J connectivity index is 3.24. The van der Waals surface area contributed by atoms with Crippen molar-refractivity contribution in [2.24, 2.45) is 0 Å². The molecule has 0 spiro atoms. The molecule has 18 heteroatoms. The first-order chi connectivity index (χ1) is 12.0. The molecule has 1 aromatic heterocycles. The molecule has 27 heavy (non-hydrogen) atoms. The maximum Gasteiger partial charge on any atom is 0.265 e. The smallest absolute Gasteiger partial charge is 0.265 e. The van der Waals surface area contributed by atoms with Crippen LogP contribution >= 0.6 is 143 Å².